The molecule has 174 valence electrons. The number of ether oxygens (including phenoxy) is 3. The fraction of sp³-hybridized carbons (Fsp3) is 0.952. The second-order valence-corrected chi connectivity index (χ2v) is 10.9. The van der Waals surface area contributed by atoms with Gasteiger partial charge in [-0.15, -0.1) is 23.4 Å². The number of rotatable bonds is 7. The van der Waals surface area contributed by atoms with E-state index in [2.05, 4.69) is 17.1 Å². The minimum absolute atomic E-state index is 0.0289. The number of aliphatic hydroxyl groups excluding tert-OH is 1. The second-order valence-electron chi connectivity index (χ2n) is 9.32. The van der Waals surface area contributed by atoms with Gasteiger partial charge < -0.3 is 24.6 Å². The van der Waals surface area contributed by atoms with Crippen molar-refractivity contribution in [3.05, 3.63) is 0 Å². The van der Waals surface area contributed by atoms with E-state index in [0.717, 1.165) is 25.8 Å². The Bertz CT molecular complexity index is 610. The molecule has 0 saturated carbocycles. The molecule has 3 aliphatic rings. The molecule has 3 rings (SSSR count). The van der Waals surface area contributed by atoms with Crippen molar-refractivity contribution >= 4 is 29.3 Å². The van der Waals surface area contributed by atoms with Crippen LogP contribution in [0.5, 0.6) is 0 Å². The highest BCUT2D eigenvalue weighted by Gasteiger charge is 2.57. The molecule has 3 fully saturated rings. The van der Waals surface area contributed by atoms with Crippen molar-refractivity contribution in [2.45, 2.75) is 100 Å². The molecule has 0 aromatic heterocycles. The molecule has 9 heteroatoms. The Labute approximate surface area is 189 Å². The van der Waals surface area contributed by atoms with Crippen LogP contribution in [0, 0.1) is 5.92 Å². The molecule has 0 bridgehead atoms. The highest BCUT2D eigenvalue weighted by atomic mass is 35.5. The number of hydrogen-bond acceptors (Lipinski definition) is 7. The number of carbonyl (C=O) groups excluding carboxylic acids is 1. The van der Waals surface area contributed by atoms with Gasteiger partial charge in [0.25, 0.3) is 0 Å². The minimum atomic E-state index is -0.839. The lowest BCUT2D eigenvalue weighted by molar-refractivity contribution is -0.168. The summed E-state index contributed by atoms with van der Waals surface area (Å²) in [6.45, 7) is 8.61. The van der Waals surface area contributed by atoms with Gasteiger partial charge in [-0.25, -0.2) is 0 Å². The van der Waals surface area contributed by atoms with Crippen LogP contribution in [0.25, 0.3) is 0 Å². The molecule has 0 aromatic rings. The molecule has 3 saturated heterocycles. The van der Waals surface area contributed by atoms with Crippen molar-refractivity contribution in [2.24, 2.45) is 5.92 Å². The number of carbonyl (C=O) groups is 1. The summed E-state index contributed by atoms with van der Waals surface area (Å²) in [7, 11) is 2.00. The van der Waals surface area contributed by atoms with Crippen LogP contribution < -0.4 is 5.32 Å². The fourth-order valence-electron chi connectivity index (χ4n) is 5.04. The third kappa shape index (κ3) is 5.11. The molecule has 3 aliphatic heterocycles. The summed E-state index contributed by atoms with van der Waals surface area (Å²) in [4.78, 5) is 15.3. The van der Waals surface area contributed by atoms with Gasteiger partial charge in [-0.3, -0.25) is 9.69 Å². The number of thioether (sulfide) groups is 1. The SMILES string of the molecule is CCC[C@@H]1C[C@@H](C(=O)N[C@H]([C@H]2O[C@H](SC)[C@H](O)[C@H]3OC(C)(C)O[C@H]32)[C@@H](C)Cl)N(C)C1. The zero-order valence-corrected chi connectivity index (χ0v) is 20.4. The smallest absolute Gasteiger partial charge is 0.237 e. The van der Waals surface area contributed by atoms with Crippen LogP contribution in [0.1, 0.15) is 47.0 Å². The lowest BCUT2D eigenvalue weighted by Crippen LogP contribution is -2.64. The average Bonchev–Trinajstić information content (AvgIpc) is 3.19. The molecular formula is C21H37ClN2O5S. The van der Waals surface area contributed by atoms with Gasteiger partial charge in [-0.05, 0) is 52.8 Å². The lowest BCUT2D eigenvalue weighted by Gasteiger charge is -2.43. The molecule has 30 heavy (non-hydrogen) atoms. The van der Waals surface area contributed by atoms with E-state index in [1.165, 1.54) is 11.8 Å². The summed E-state index contributed by atoms with van der Waals surface area (Å²) in [5.41, 5.74) is -0.480. The Morgan fingerprint density at radius 3 is 2.63 bits per heavy atom. The van der Waals surface area contributed by atoms with Crippen molar-refractivity contribution in [1.82, 2.24) is 10.2 Å². The molecule has 0 spiro atoms. The largest absolute Gasteiger partial charge is 0.387 e. The van der Waals surface area contributed by atoms with Crippen LogP contribution >= 0.6 is 23.4 Å². The monoisotopic (exact) mass is 464 g/mol. The highest BCUT2D eigenvalue weighted by Crippen LogP contribution is 2.41. The third-order valence-corrected chi connectivity index (χ3v) is 7.54. The summed E-state index contributed by atoms with van der Waals surface area (Å²) in [6.07, 6.45) is 2.60. The Hall–Kier alpha value is -0.0900. The van der Waals surface area contributed by atoms with Crippen LogP contribution in [-0.2, 0) is 19.0 Å². The van der Waals surface area contributed by atoms with Gasteiger partial charge in [0, 0.05) is 6.54 Å². The quantitative estimate of drug-likeness (QED) is 0.559. The van der Waals surface area contributed by atoms with Crippen molar-refractivity contribution < 1.29 is 24.1 Å². The van der Waals surface area contributed by atoms with E-state index >= 15 is 0 Å². The van der Waals surface area contributed by atoms with Gasteiger partial charge in [0.2, 0.25) is 5.91 Å². The number of fused-ring (bicyclic) bond motifs is 1. The first-order valence-electron chi connectivity index (χ1n) is 10.9. The molecule has 9 atom stereocenters. The molecule has 3 heterocycles. The predicted octanol–water partition coefficient (Wildman–Crippen LogP) is 2.19. The van der Waals surface area contributed by atoms with Gasteiger partial charge in [-0.1, -0.05) is 13.3 Å². The van der Waals surface area contributed by atoms with E-state index in [9.17, 15) is 9.90 Å². The Morgan fingerprint density at radius 2 is 2.03 bits per heavy atom. The molecule has 0 unspecified atom stereocenters. The van der Waals surface area contributed by atoms with Crippen molar-refractivity contribution in [2.75, 3.05) is 19.8 Å². The van der Waals surface area contributed by atoms with Gasteiger partial charge >= 0.3 is 0 Å². The van der Waals surface area contributed by atoms with Gasteiger partial charge in [0.15, 0.2) is 5.79 Å². The number of amides is 1. The van der Waals surface area contributed by atoms with Gasteiger partial charge in [0.1, 0.15) is 29.9 Å². The molecule has 1 amide bonds. The number of alkyl halides is 1. The topological polar surface area (TPSA) is 80.3 Å². The van der Waals surface area contributed by atoms with Crippen LogP contribution in [-0.4, -0.2) is 88.9 Å². The molecular weight excluding hydrogens is 428 g/mol. The number of likely N-dealkylation sites (N-methyl/N-ethyl adjacent to an activating group) is 1. The number of hydrogen-bond donors (Lipinski definition) is 2. The number of aliphatic hydroxyl groups is 1. The van der Waals surface area contributed by atoms with E-state index in [1.807, 2.05) is 34.1 Å². The van der Waals surface area contributed by atoms with Crippen LogP contribution in [0.15, 0.2) is 0 Å². The fourth-order valence-corrected chi connectivity index (χ4v) is 5.91. The Kier molecular flexibility index (Phi) is 8.03. The zero-order chi connectivity index (χ0) is 22.2. The second kappa shape index (κ2) is 9.81. The van der Waals surface area contributed by atoms with E-state index < -0.39 is 41.7 Å². The molecule has 0 aliphatic carbocycles. The minimum Gasteiger partial charge on any atom is -0.387 e. The first-order valence-corrected chi connectivity index (χ1v) is 12.7. The summed E-state index contributed by atoms with van der Waals surface area (Å²) in [5.74, 6) is -0.325. The molecule has 0 aromatic carbocycles. The number of halogens is 1. The first-order chi connectivity index (χ1) is 14.1. The molecule has 2 N–H and O–H groups in total. The van der Waals surface area contributed by atoms with E-state index in [4.69, 9.17) is 25.8 Å². The third-order valence-electron chi connectivity index (χ3n) is 6.42. The molecule has 7 nitrogen and oxygen atoms in total. The van der Waals surface area contributed by atoms with Crippen LogP contribution in [0.3, 0.4) is 0 Å². The summed E-state index contributed by atoms with van der Waals surface area (Å²) in [6, 6.07) is -0.636. The van der Waals surface area contributed by atoms with E-state index in [0.29, 0.717) is 5.92 Å². The average molecular weight is 465 g/mol. The summed E-state index contributed by atoms with van der Waals surface area (Å²) < 4.78 is 18.3. The standard InChI is InChI=1S/C21H37ClN2O5S/c1-7-8-12-9-13(24(5)10-12)19(26)23-14(11(2)22)16-18-17(28-21(3,4)29-18)15(25)20(27-16)30-6/h11-18,20,25H,7-10H2,1-6H3,(H,23,26)/t11-,12-,13+,14+,15-,16-,17-,18+,20-/m1/s1. The van der Waals surface area contributed by atoms with E-state index in [1.54, 1.807) is 0 Å². The van der Waals surface area contributed by atoms with Crippen molar-refractivity contribution in [3.63, 3.8) is 0 Å². The van der Waals surface area contributed by atoms with Crippen LogP contribution in [0.4, 0.5) is 0 Å². The maximum absolute atomic E-state index is 13.2. The maximum Gasteiger partial charge on any atom is 0.237 e. The van der Waals surface area contributed by atoms with Crippen LogP contribution in [0.2, 0.25) is 0 Å². The predicted molar refractivity (Wildman–Crippen MR) is 119 cm³/mol. The highest BCUT2D eigenvalue weighted by molar-refractivity contribution is 7.99. The Morgan fingerprint density at radius 1 is 1.37 bits per heavy atom. The van der Waals surface area contributed by atoms with Gasteiger partial charge in [-0.2, -0.15) is 0 Å². The van der Waals surface area contributed by atoms with E-state index in [-0.39, 0.29) is 17.3 Å². The number of nitrogens with one attached hydrogen (secondary N) is 1. The lowest BCUT2D eigenvalue weighted by atomic mass is 9.92. The summed E-state index contributed by atoms with van der Waals surface area (Å²) in [5, 5.41) is 13.5. The van der Waals surface area contributed by atoms with Gasteiger partial charge in [0.05, 0.1) is 17.5 Å². The summed E-state index contributed by atoms with van der Waals surface area (Å²) >= 11 is 7.97. The van der Waals surface area contributed by atoms with Crippen molar-refractivity contribution in [3.8, 4) is 0 Å². The van der Waals surface area contributed by atoms with Crippen molar-refractivity contribution in [1.29, 1.82) is 0 Å². The maximum atomic E-state index is 13.2. The zero-order valence-electron chi connectivity index (χ0n) is 18.8. The number of nitrogens with zero attached hydrogens (tertiary/aromatic N) is 1. The first kappa shape index (κ1) is 24.6. The normalized spacial score (nSPS) is 40.7. The Balaban J connectivity index is 1.77. The number of likely N-dealkylation sites (tertiary alicyclic amines) is 1. The molecule has 0 radical (unpaired) electrons.